The molecule has 5 rings (SSSR count). The predicted molar refractivity (Wildman–Crippen MR) is 99.2 cm³/mol. The molecule has 2 aromatic heterocycles. The number of aliphatic imine (C=N–C) groups is 1. The Morgan fingerprint density at radius 3 is 2.92 bits per heavy atom. The molecule has 24 heavy (non-hydrogen) atoms. The van der Waals surface area contributed by atoms with Crippen LogP contribution in [0.4, 0.5) is 0 Å². The van der Waals surface area contributed by atoms with Crippen molar-refractivity contribution in [2.24, 2.45) is 4.99 Å². The Kier molecular flexibility index (Phi) is 3.16. The maximum Gasteiger partial charge on any atom is 0.160 e. The lowest BCUT2D eigenvalue weighted by Crippen LogP contribution is -2.28. The zero-order chi connectivity index (χ0) is 16.1. The molecule has 0 spiro atoms. The first-order valence-electron chi connectivity index (χ1n) is 8.29. The molecule has 0 aliphatic carbocycles. The number of para-hydroxylation sites is 1. The van der Waals surface area contributed by atoms with Crippen molar-refractivity contribution in [1.29, 1.82) is 0 Å². The van der Waals surface area contributed by atoms with Crippen LogP contribution in [0.2, 0.25) is 0 Å². The average molecular weight is 334 g/mol. The van der Waals surface area contributed by atoms with Crippen LogP contribution in [0.5, 0.6) is 0 Å². The summed E-state index contributed by atoms with van der Waals surface area (Å²) in [6, 6.07) is 14.9. The molecule has 3 atom stereocenters. The first-order valence-corrected chi connectivity index (χ1v) is 9.17. The molecule has 5 heteroatoms. The van der Waals surface area contributed by atoms with Gasteiger partial charge in [-0.2, -0.15) is 0 Å². The lowest BCUT2D eigenvalue weighted by atomic mass is 9.96. The van der Waals surface area contributed by atoms with E-state index in [1.807, 2.05) is 30.1 Å². The zero-order valence-electron chi connectivity index (χ0n) is 13.4. The van der Waals surface area contributed by atoms with Crippen molar-refractivity contribution < 1.29 is 0 Å². The minimum atomic E-state index is 0.0559. The molecule has 1 saturated heterocycles. The third-order valence-corrected chi connectivity index (χ3v) is 5.92. The molecule has 3 unspecified atom stereocenters. The minimum absolute atomic E-state index is 0.0559. The van der Waals surface area contributed by atoms with Crippen molar-refractivity contribution in [3.8, 4) is 0 Å². The Hall–Kier alpha value is -2.27. The van der Waals surface area contributed by atoms with E-state index in [9.17, 15) is 0 Å². The molecule has 2 aliphatic heterocycles. The van der Waals surface area contributed by atoms with Crippen molar-refractivity contribution in [2.45, 2.75) is 24.3 Å². The Morgan fingerprint density at radius 2 is 2.04 bits per heavy atom. The smallest absolute Gasteiger partial charge is 0.160 e. The molecular weight excluding hydrogens is 316 g/mol. The topological polar surface area (TPSA) is 44.3 Å². The van der Waals surface area contributed by atoms with E-state index in [0.717, 1.165) is 17.4 Å². The number of aromatic nitrogens is 2. The summed E-state index contributed by atoms with van der Waals surface area (Å²) in [5.74, 6) is 0. The largest absolute Gasteiger partial charge is 0.361 e. The van der Waals surface area contributed by atoms with Gasteiger partial charge in [0.2, 0.25) is 0 Å². The number of nitrogens with zero attached hydrogens (tertiary/aromatic N) is 3. The van der Waals surface area contributed by atoms with E-state index < -0.39 is 0 Å². The maximum absolute atomic E-state index is 5.04. The van der Waals surface area contributed by atoms with Gasteiger partial charge in [0.1, 0.15) is 6.04 Å². The van der Waals surface area contributed by atoms with E-state index in [0.29, 0.717) is 5.25 Å². The number of fused-ring (bicyclic) bond motifs is 2. The summed E-state index contributed by atoms with van der Waals surface area (Å²) in [7, 11) is 0. The van der Waals surface area contributed by atoms with Gasteiger partial charge in [-0.15, -0.1) is 0 Å². The van der Waals surface area contributed by atoms with Gasteiger partial charge in [-0.25, -0.2) is 0 Å². The van der Waals surface area contributed by atoms with Gasteiger partial charge in [0.15, 0.2) is 5.17 Å². The second kappa shape index (κ2) is 5.38. The van der Waals surface area contributed by atoms with Gasteiger partial charge in [-0.05, 0) is 18.2 Å². The molecule has 1 fully saturated rings. The van der Waals surface area contributed by atoms with Crippen LogP contribution in [0.3, 0.4) is 0 Å². The number of rotatable bonds is 2. The molecule has 120 valence electrons. The van der Waals surface area contributed by atoms with Gasteiger partial charge in [0.25, 0.3) is 0 Å². The first-order chi connectivity index (χ1) is 11.8. The second-order valence-corrected chi connectivity index (χ2v) is 7.83. The van der Waals surface area contributed by atoms with Crippen LogP contribution in [-0.2, 0) is 0 Å². The number of nitrogens with one attached hydrogen (secondary N) is 1. The number of benzene rings is 1. The highest BCUT2D eigenvalue weighted by Crippen LogP contribution is 2.48. The molecule has 1 N–H and O–H groups in total. The summed E-state index contributed by atoms with van der Waals surface area (Å²) in [6.45, 7) is 3.31. The standard InChI is InChI=1S/C19H18N4S/c1-12-11-23-18(14-10-21-15-7-3-2-6-13(14)15)17(22-19(23)24-12)16-8-4-5-9-20-16/h2-10,12,17-18,21H,11H2,1H3. The third kappa shape index (κ3) is 2.08. The van der Waals surface area contributed by atoms with Crippen LogP contribution >= 0.6 is 11.8 Å². The van der Waals surface area contributed by atoms with Crippen molar-refractivity contribution in [2.75, 3.05) is 6.54 Å². The lowest BCUT2D eigenvalue weighted by molar-refractivity contribution is 0.323. The fourth-order valence-electron chi connectivity index (χ4n) is 3.79. The molecule has 3 aromatic rings. The second-order valence-electron chi connectivity index (χ2n) is 6.43. The number of H-pyrrole nitrogens is 1. The van der Waals surface area contributed by atoms with E-state index in [-0.39, 0.29) is 12.1 Å². The molecule has 2 aliphatic rings. The third-order valence-electron chi connectivity index (χ3n) is 4.82. The number of amidine groups is 1. The van der Waals surface area contributed by atoms with E-state index in [1.165, 1.54) is 16.5 Å². The Labute approximate surface area is 145 Å². The zero-order valence-corrected chi connectivity index (χ0v) is 14.2. The molecule has 4 nitrogen and oxygen atoms in total. The number of hydrogen-bond donors (Lipinski definition) is 1. The quantitative estimate of drug-likeness (QED) is 0.765. The highest BCUT2D eigenvalue weighted by atomic mass is 32.2. The summed E-state index contributed by atoms with van der Waals surface area (Å²) >= 11 is 1.88. The van der Waals surface area contributed by atoms with Crippen molar-refractivity contribution in [1.82, 2.24) is 14.9 Å². The minimum Gasteiger partial charge on any atom is -0.361 e. The van der Waals surface area contributed by atoms with E-state index in [2.05, 4.69) is 58.3 Å². The van der Waals surface area contributed by atoms with E-state index in [1.54, 1.807) is 0 Å². The van der Waals surface area contributed by atoms with Crippen LogP contribution in [0.1, 0.15) is 30.3 Å². The van der Waals surface area contributed by atoms with E-state index in [4.69, 9.17) is 4.99 Å². The molecular formula is C19H18N4S. The van der Waals surface area contributed by atoms with Gasteiger partial charge >= 0.3 is 0 Å². The highest BCUT2D eigenvalue weighted by Gasteiger charge is 2.44. The van der Waals surface area contributed by atoms with Crippen molar-refractivity contribution in [3.05, 3.63) is 66.1 Å². The number of hydrogen-bond acceptors (Lipinski definition) is 4. The average Bonchev–Trinajstić information content (AvgIpc) is 3.27. The van der Waals surface area contributed by atoms with Crippen LogP contribution in [0.25, 0.3) is 10.9 Å². The lowest BCUT2D eigenvalue weighted by Gasteiger charge is -2.26. The predicted octanol–water partition coefficient (Wildman–Crippen LogP) is 4.15. The van der Waals surface area contributed by atoms with Crippen LogP contribution in [0.15, 0.2) is 59.9 Å². The first kappa shape index (κ1) is 14.1. The van der Waals surface area contributed by atoms with Gasteiger partial charge in [0.05, 0.1) is 11.7 Å². The van der Waals surface area contributed by atoms with Crippen LogP contribution in [-0.4, -0.2) is 31.8 Å². The van der Waals surface area contributed by atoms with Gasteiger partial charge in [-0.1, -0.05) is 43.0 Å². The van der Waals surface area contributed by atoms with Crippen molar-refractivity contribution in [3.63, 3.8) is 0 Å². The number of pyridine rings is 1. The highest BCUT2D eigenvalue weighted by molar-refractivity contribution is 8.14. The fourth-order valence-corrected chi connectivity index (χ4v) is 4.89. The summed E-state index contributed by atoms with van der Waals surface area (Å²) < 4.78 is 0. The normalized spacial score (nSPS) is 26.0. The fraction of sp³-hybridized carbons (Fsp3) is 0.263. The SMILES string of the molecule is CC1CN2C(=NC(c3ccccn3)C2c2c[nH]c3ccccc23)S1. The van der Waals surface area contributed by atoms with Gasteiger partial charge < -0.3 is 9.88 Å². The summed E-state index contributed by atoms with van der Waals surface area (Å²) in [4.78, 5) is 15.5. The van der Waals surface area contributed by atoms with Gasteiger partial charge in [-0.3, -0.25) is 9.98 Å². The molecule has 0 bridgehead atoms. The number of aromatic amines is 1. The monoisotopic (exact) mass is 334 g/mol. The molecule has 1 aromatic carbocycles. The molecule has 0 radical (unpaired) electrons. The summed E-state index contributed by atoms with van der Waals surface area (Å²) in [5, 5.41) is 3.03. The van der Waals surface area contributed by atoms with Crippen LogP contribution < -0.4 is 0 Å². The molecule has 4 heterocycles. The van der Waals surface area contributed by atoms with Crippen LogP contribution in [0, 0.1) is 0 Å². The van der Waals surface area contributed by atoms with E-state index >= 15 is 0 Å². The summed E-state index contributed by atoms with van der Waals surface area (Å²) in [5.41, 5.74) is 3.54. The maximum atomic E-state index is 5.04. The Morgan fingerprint density at radius 1 is 1.17 bits per heavy atom. The van der Waals surface area contributed by atoms with Gasteiger partial charge in [0, 0.05) is 40.7 Å². The molecule has 0 saturated carbocycles. The Bertz CT molecular complexity index is 917. The number of thioether (sulfide) groups is 1. The summed E-state index contributed by atoms with van der Waals surface area (Å²) in [6.07, 6.45) is 4.01. The Balaban J connectivity index is 1.66. The van der Waals surface area contributed by atoms with Crippen molar-refractivity contribution >= 4 is 27.8 Å². The molecule has 0 amide bonds.